The van der Waals surface area contributed by atoms with Crippen LogP contribution in [0.25, 0.3) is 11.3 Å². The lowest BCUT2D eigenvalue weighted by molar-refractivity contribution is -0.131. The third-order valence-electron chi connectivity index (χ3n) is 4.76. The lowest BCUT2D eigenvalue weighted by atomic mass is 10.1. The number of aromatic nitrogens is 1. The van der Waals surface area contributed by atoms with E-state index in [-0.39, 0.29) is 11.9 Å². The maximum absolute atomic E-state index is 12.8. The first kappa shape index (κ1) is 17.1. The maximum atomic E-state index is 12.8. The highest BCUT2D eigenvalue weighted by Crippen LogP contribution is 2.30. The smallest absolute Gasteiger partial charge is 0.228 e. The van der Waals surface area contributed by atoms with Crippen molar-refractivity contribution < 1.29 is 4.79 Å². The molecule has 2 unspecified atom stereocenters. The Morgan fingerprint density at radius 1 is 1.33 bits per heavy atom. The number of nitrogens with zero attached hydrogens (tertiary/aromatic N) is 2. The minimum absolute atomic E-state index is 0.190. The van der Waals surface area contributed by atoms with Gasteiger partial charge in [-0.2, -0.15) is 0 Å². The Morgan fingerprint density at radius 3 is 2.67 bits per heavy atom. The molecule has 0 spiro atoms. The number of benzene rings is 1. The number of hydrogen-bond donors (Lipinski definition) is 1. The minimum Gasteiger partial charge on any atom is -0.339 e. The first-order chi connectivity index (χ1) is 11.5. The summed E-state index contributed by atoms with van der Waals surface area (Å²) >= 11 is 1.62. The highest BCUT2D eigenvalue weighted by molar-refractivity contribution is 7.12. The van der Waals surface area contributed by atoms with Crippen molar-refractivity contribution in [2.75, 3.05) is 13.1 Å². The van der Waals surface area contributed by atoms with E-state index in [0.29, 0.717) is 18.9 Å². The number of carbonyl (C=O) groups is 1. The van der Waals surface area contributed by atoms with Crippen molar-refractivity contribution in [1.29, 1.82) is 0 Å². The Hall–Kier alpha value is -1.72. The maximum Gasteiger partial charge on any atom is 0.228 e. The fourth-order valence-electron chi connectivity index (χ4n) is 3.43. The molecule has 1 amide bonds. The van der Waals surface area contributed by atoms with Crippen LogP contribution in [-0.2, 0) is 11.2 Å². The summed E-state index contributed by atoms with van der Waals surface area (Å²) in [6, 6.07) is 8.62. The quantitative estimate of drug-likeness (QED) is 0.927. The van der Waals surface area contributed by atoms with Crippen LogP contribution in [0.3, 0.4) is 0 Å². The standard InChI is InChI=1S/C19H25N3OS/c1-12-4-6-16(7-5-12)19-17(24-14(3)21-19)9-18(23)22-11-15(10-20)8-13(22)2/h4-7,13,15H,8-11,20H2,1-3H3. The third kappa shape index (κ3) is 3.52. The fourth-order valence-corrected chi connectivity index (χ4v) is 4.37. The molecule has 1 aromatic heterocycles. The number of hydrogen-bond acceptors (Lipinski definition) is 4. The van der Waals surface area contributed by atoms with Crippen molar-refractivity contribution in [2.45, 2.75) is 39.7 Å². The van der Waals surface area contributed by atoms with E-state index >= 15 is 0 Å². The topological polar surface area (TPSA) is 59.2 Å². The van der Waals surface area contributed by atoms with Crippen molar-refractivity contribution in [3.8, 4) is 11.3 Å². The molecule has 1 aliphatic heterocycles. The summed E-state index contributed by atoms with van der Waals surface area (Å²) in [6.07, 6.45) is 1.44. The van der Waals surface area contributed by atoms with Crippen LogP contribution in [0.2, 0.25) is 0 Å². The number of carbonyl (C=O) groups excluding carboxylic acids is 1. The van der Waals surface area contributed by atoms with Crippen LogP contribution in [0.4, 0.5) is 0 Å². The Morgan fingerprint density at radius 2 is 2.04 bits per heavy atom. The number of likely N-dealkylation sites (tertiary alicyclic amines) is 1. The minimum atomic E-state index is 0.190. The predicted molar refractivity (Wildman–Crippen MR) is 99.1 cm³/mol. The highest BCUT2D eigenvalue weighted by Gasteiger charge is 2.32. The van der Waals surface area contributed by atoms with Crippen LogP contribution in [0.5, 0.6) is 0 Å². The van der Waals surface area contributed by atoms with Gasteiger partial charge in [0.1, 0.15) is 0 Å². The summed E-state index contributed by atoms with van der Waals surface area (Å²) < 4.78 is 0. The van der Waals surface area contributed by atoms with Gasteiger partial charge >= 0.3 is 0 Å². The van der Waals surface area contributed by atoms with E-state index in [1.54, 1.807) is 11.3 Å². The molecule has 1 fully saturated rings. The molecule has 1 aliphatic rings. The molecule has 1 saturated heterocycles. The Bertz CT molecular complexity index is 723. The monoisotopic (exact) mass is 343 g/mol. The predicted octanol–water partition coefficient (Wildman–Crippen LogP) is 3.17. The molecule has 0 aliphatic carbocycles. The number of nitrogens with two attached hydrogens (primary N) is 1. The third-order valence-corrected chi connectivity index (χ3v) is 5.73. The normalized spacial score (nSPS) is 20.6. The summed E-state index contributed by atoms with van der Waals surface area (Å²) in [5.74, 6) is 0.624. The molecule has 2 heterocycles. The van der Waals surface area contributed by atoms with Crippen molar-refractivity contribution in [1.82, 2.24) is 9.88 Å². The van der Waals surface area contributed by atoms with Crippen molar-refractivity contribution in [3.05, 3.63) is 39.7 Å². The SMILES string of the molecule is Cc1ccc(-c2nc(C)sc2CC(=O)N2CC(CN)CC2C)cc1. The molecule has 0 bridgehead atoms. The van der Waals surface area contributed by atoms with Crippen molar-refractivity contribution in [2.24, 2.45) is 11.7 Å². The fraction of sp³-hybridized carbons (Fsp3) is 0.474. The molecule has 3 rings (SSSR count). The molecular formula is C19H25N3OS. The van der Waals surface area contributed by atoms with Gasteiger partial charge < -0.3 is 10.6 Å². The van der Waals surface area contributed by atoms with Crippen LogP contribution in [0.1, 0.15) is 28.8 Å². The lowest BCUT2D eigenvalue weighted by Gasteiger charge is -2.21. The summed E-state index contributed by atoms with van der Waals surface area (Å²) in [4.78, 5) is 20.5. The molecule has 2 atom stereocenters. The number of rotatable bonds is 4. The van der Waals surface area contributed by atoms with Crippen LogP contribution < -0.4 is 5.73 Å². The van der Waals surface area contributed by atoms with E-state index in [2.05, 4.69) is 43.1 Å². The summed E-state index contributed by atoms with van der Waals surface area (Å²) in [5.41, 5.74) is 9.04. The zero-order valence-corrected chi connectivity index (χ0v) is 15.4. The first-order valence-corrected chi connectivity index (χ1v) is 9.32. The molecule has 2 N–H and O–H groups in total. The summed E-state index contributed by atoms with van der Waals surface area (Å²) in [7, 11) is 0. The summed E-state index contributed by atoms with van der Waals surface area (Å²) in [5, 5.41) is 1.00. The van der Waals surface area contributed by atoms with Crippen LogP contribution in [-0.4, -0.2) is 34.9 Å². The van der Waals surface area contributed by atoms with Crippen molar-refractivity contribution >= 4 is 17.2 Å². The lowest BCUT2D eigenvalue weighted by Crippen LogP contribution is -2.35. The van der Waals surface area contributed by atoms with Crippen LogP contribution in [0.15, 0.2) is 24.3 Å². The largest absolute Gasteiger partial charge is 0.339 e. The Balaban J connectivity index is 1.80. The molecule has 2 aromatic rings. The van der Waals surface area contributed by atoms with Gasteiger partial charge in [-0.3, -0.25) is 4.79 Å². The zero-order chi connectivity index (χ0) is 17.3. The van der Waals surface area contributed by atoms with E-state index in [9.17, 15) is 4.79 Å². The second-order valence-electron chi connectivity index (χ2n) is 6.78. The van der Waals surface area contributed by atoms with Gasteiger partial charge in [0.05, 0.1) is 17.1 Å². The molecular weight excluding hydrogens is 318 g/mol. The van der Waals surface area contributed by atoms with Gasteiger partial charge in [-0.25, -0.2) is 4.98 Å². The molecule has 0 radical (unpaired) electrons. The van der Waals surface area contributed by atoms with Crippen LogP contribution >= 0.6 is 11.3 Å². The number of aryl methyl sites for hydroxylation is 2. The van der Waals surface area contributed by atoms with E-state index in [0.717, 1.165) is 34.1 Å². The van der Waals surface area contributed by atoms with Gasteiger partial charge in [-0.05, 0) is 39.7 Å². The number of thiazole rings is 1. The van der Waals surface area contributed by atoms with E-state index in [1.165, 1.54) is 5.56 Å². The van der Waals surface area contributed by atoms with Gasteiger partial charge in [0.15, 0.2) is 0 Å². The van der Waals surface area contributed by atoms with Crippen molar-refractivity contribution in [3.63, 3.8) is 0 Å². The summed E-state index contributed by atoms with van der Waals surface area (Å²) in [6.45, 7) is 7.63. The number of amides is 1. The molecule has 128 valence electrons. The average Bonchev–Trinajstić information content (AvgIpc) is 3.10. The second-order valence-corrected chi connectivity index (χ2v) is 8.07. The molecule has 24 heavy (non-hydrogen) atoms. The Labute approximate surface area is 147 Å². The van der Waals surface area contributed by atoms with Crippen LogP contribution in [0, 0.1) is 19.8 Å². The molecule has 1 aromatic carbocycles. The highest BCUT2D eigenvalue weighted by atomic mass is 32.1. The van der Waals surface area contributed by atoms with E-state index in [4.69, 9.17) is 5.73 Å². The molecule has 0 saturated carbocycles. The van der Waals surface area contributed by atoms with E-state index < -0.39 is 0 Å². The molecule has 4 nitrogen and oxygen atoms in total. The second kappa shape index (κ2) is 7.03. The molecule has 5 heteroatoms. The average molecular weight is 343 g/mol. The van der Waals surface area contributed by atoms with E-state index in [1.807, 2.05) is 11.8 Å². The van der Waals surface area contributed by atoms with Gasteiger partial charge in [0.2, 0.25) is 5.91 Å². The van der Waals surface area contributed by atoms with Gasteiger partial charge in [0, 0.05) is 23.0 Å². The first-order valence-electron chi connectivity index (χ1n) is 8.50. The Kier molecular flexibility index (Phi) is 5.01. The zero-order valence-electron chi connectivity index (χ0n) is 14.6. The van der Waals surface area contributed by atoms with Gasteiger partial charge in [0.25, 0.3) is 0 Å². The van der Waals surface area contributed by atoms with Gasteiger partial charge in [-0.1, -0.05) is 29.8 Å². The van der Waals surface area contributed by atoms with Gasteiger partial charge in [-0.15, -0.1) is 11.3 Å².